The summed E-state index contributed by atoms with van der Waals surface area (Å²) in [5.74, 6) is 0. The Balaban J connectivity index is 2.74. The van der Waals surface area contributed by atoms with Crippen LogP contribution in [0, 0.1) is 11.3 Å². The van der Waals surface area contributed by atoms with Gasteiger partial charge in [-0.1, -0.05) is 29.8 Å². The summed E-state index contributed by atoms with van der Waals surface area (Å²) in [6.45, 7) is 0.441. The van der Waals surface area contributed by atoms with Crippen molar-refractivity contribution in [2.75, 3.05) is 18.5 Å². The lowest BCUT2D eigenvalue weighted by Crippen LogP contribution is -2.24. The average Bonchev–Trinajstić information content (AvgIpc) is 2.29. The molecule has 0 amide bonds. The molecule has 0 fully saturated rings. The van der Waals surface area contributed by atoms with Gasteiger partial charge in [0.25, 0.3) is 0 Å². The Labute approximate surface area is 94.4 Å². The van der Waals surface area contributed by atoms with Crippen LogP contribution in [0.4, 0.5) is 5.69 Å². The molecule has 0 heterocycles. The minimum Gasteiger partial charge on any atom is -0.399 e. The van der Waals surface area contributed by atoms with Crippen molar-refractivity contribution in [3.63, 3.8) is 0 Å². The summed E-state index contributed by atoms with van der Waals surface area (Å²) in [6.07, 6.45) is 0. The first-order valence-electron chi connectivity index (χ1n) is 4.45. The summed E-state index contributed by atoms with van der Waals surface area (Å²) >= 11 is 5.61. The van der Waals surface area contributed by atoms with E-state index in [4.69, 9.17) is 22.6 Å². The Kier molecular flexibility index (Phi) is 4.02. The highest BCUT2D eigenvalue weighted by molar-refractivity contribution is 6.32. The van der Waals surface area contributed by atoms with Crippen molar-refractivity contribution >= 4 is 17.3 Å². The standard InChI is InChI=1S/C11H12ClN3/c1-15(8-11(14)10(12)7-13)9-5-3-2-4-6-9/h2-6H,8,14H2,1H3/b11-10+. The van der Waals surface area contributed by atoms with Gasteiger partial charge in [0.15, 0.2) is 0 Å². The van der Waals surface area contributed by atoms with Crippen LogP contribution >= 0.6 is 11.6 Å². The Bertz CT molecular complexity index is 392. The third kappa shape index (κ3) is 3.19. The summed E-state index contributed by atoms with van der Waals surface area (Å²) in [6, 6.07) is 11.6. The molecule has 0 radical (unpaired) electrons. The van der Waals surface area contributed by atoms with Crippen LogP contribution in [-0.2, 0) is 0 Å². The number of hydrogen-bond donors (Lipinski definition) is 1. The van der Waals surface area contributed by atoms with Gasteiger partial charge in [-0.25, -0.2) is 0 Å². The quantitative estimate of drug-likeness (QED) is 0.795. The summed E-state index contributed by atoms with van der Waals surface area (Å²) in [5.41, 5.74) is 7.06. The van der Waals surface area contributed by atoms with Crippen LogP contribution in [0.25, 0.3) is 0 Å². The minimum atomic E-state index is 0.0535. The van der Waals surface area contributed by atoms with Crippen LogP contribution in [0.2, 0.25) is 0 Å². The number of hydrogen-bond acceptors (Lipinski definition) is 3. The first-order valence-corrected chi connectivity index (χ1v) is 4.83. The van der Waals surface area contributed by atoms with E-state index in [1.807, 2.05) is 48.3 Å². The molecular weight excluding hydrogens is 210 g/mol. The van der Waals surface area contributed by atoms with Crippen molar-refractivity contribution < 1.29 is 0 Å². The molecule has 15 heavy (non-hydrogen) atoms. The normalized spacial score (nSPS) is 11.5. The number of halogens is 1. The molecule has 0 aromatic heterocycles. The Hall–Kier alpha value is -1.66. The van der Waals surface area contributed by atoms with Gasteiger partial charge in [-0.3, -0.25) is 0 Å². The number of nitrogens with zero attached hydrogens (tertiary/aromatic N) is 2. The predicted octanol–water partition coefficient (Wildman–Crippen LogP) is 2.06. The number of rotatable bonds is 3. The minimum absolute atomic E-state index is 0.0535. The van der Waals surface area contributed by atoms with Crippen LogP contribution in [0.5, 0.6) is 0 Å². The largest absolute Gasteiger partial charge is 0.399 e. The summed E-state index contributed by atoms with van der Waals surface area (Å²) < 4.78 is 0. The molecule has 1 aromatic carbocycles. The number of likely N-dealkylation sites (N-methyl/N-ethyl adjacent to an activating group) is 1. The molecule has 0 unspecified atom stereocenters. The molecule has 78 valence electrons. The fourth-order valence-electron chi connectivity index (χ4n) is 1.17. The number of benzene rings is 1. The van der Waals surface area contributed by atoms with E-state index in [1.54, 1.807) is 0 Å². The van der Waals surface area contributed by atoms with Gasteiger partial charge in [0, 0.05) is 12.7 Å². The second kappa shape index (κ2) is 5.28. The van der Waals surface area contributed by atoms with Gasteiger partial charge in [-0.15, -0.1) is 0 Å². The molecule has 1 aromatic rings. The van der Waals surface area contributed by atoms with E-state index in [-0.39, 0.29) is 5.03 Å². The van der Waals surface area contributed by atoms with E-state index in [1.165, 1.54) is 0 Å². The molecule has 3 nitrogen and oxygen atoms in total. The van der Waals surface area contributed by atoms with Crippen LogP contribution in [0.15, 0.2) is 41.1 Å². The molecule has 0 saturated heterocycles. The van der Waals surface area contributed by atoms with Crippen LogP contribution in [-0.4, -0.2) is 13.6 Å². The Morgan fingerprint density at radius 3 is 2.60 bits per heavy atom. The van der Waals surface area contributed by atoms with Crippen molar-refractivity contribution in [2.24, 2.45) is 5.73 Å². The maximum absolute atomic E-state index is 8.55. The van der Waals surface area contributed by atoms with Crippen LogP contribution < -0.4 is 10.6 Å². The molecule has 2 N–H and O–H groups in total. The Morgan fingerprint density at radius 2 is 2.07 bits per heavy atom. The van der Waals surface area contributed by atoms with E-state index in [9.17, 15) is 0 Å². The maximum atomic E-state index is 8.55. The fraction of sp³-hybridized carbons (Fsp3) is 0.182. The van der Waals surface area contributed by atoms with Gasteiger partial charge in [0.2, 0.25) is 0 Å². The van der Waals surface area contributed by atoms with Gasteiger partial charge in [0.1, 0.15) is 11.1 Å². The van der Waals surface area contributed by atoms with Crippen LogP contribution in [0.3, 0.4) is 0 Å². The molecular formula is C11H12ClN3. The number of nitriles is 1. The van der Waals surface area contributed by atoms with Crippen LogP contribution in [0.1, 0.15) is 0 Å². The zero-order chi connectivity index (χ0) is 11.3. The highest BCUT2D eigenvalue weighted by Crippen LogP contribution is 2.13. The second-order valence-electron chi connectivity index (χ2n) is 3.14. The lowest BCUT2D eigenvalue weighted by molar-refractivity contribution is 0.966. The number of anilines is 1. The van der Waals surface area contributed by atoms with Crippen molar-refractivity contribution in [1.82, 2.24) is 0 Å². The lowest BCUT2D eigenvalue weighted by atomic mass is 10.3. The van der Waals surface area contributed by atoms with E-state index in [0.717, 1.165) is 5.69 Å². The number of para-hydroxylation sites is 1. The summed E-state index contributed by atoms with van der Waals surface area (Å²) in [5, 5.41) is 8.60. The topological polar surface area (TPSA) is 53.0 Å². The van der Waals surface area contributed by atoms with Gasteiger partial charge >= 0.3 is 0 Å². The number of allylic oxidation sites excluding steroid dienone is 1. The van der Waals surface area contributed by atoms with Crippen molar-refractivity contribution in [2.45, 2.75) is 0 Å². The van der Waals surface area contributed by atoms with Crippen molar-refractivity contribution in [3.05, 3.63) is 41.1 Å². The highest BCUT2D eigenvalue weighted by atomic mass is 35.5. The lowest BCUT2D eigenvalue weighted by Gasteiger charge is -2.19. The second-order valence-corrected chi connectivity index (χ2v) is 3.52. The molecule has 1 rings (SSSR count). The van der Waals surface area contributed by atoms with E-state index >= 15 is 0 Å². The van der Waals surface area contributed by atoms with Crippen molar-refractivity contribution in [1.29, 1.82) is 5.26 Å². The third-order valence-corrected chi connectivity index (χ3v) is 2.31. The molecule has 4 heteroatoms. The molecule has 0 atom stereocenters. The third-order valence-electron chi connectivity index (χ3n) is 1.98. The Morgan fingerprint density at radius 1 is 1.47 bits per heavy atom. The smallest absolute Gasteiger partial charge is 0.138 e. The van der Waals surface area contributed by atoms with E-state index in [0.29, 0.717) is 12.2 Å². The van der Waals surface area contributed by atoms with Gasteiger partial charge in [0.05, 0.1) is 12.2 Å². The molecule has 0 saturated carbocycles. The summed E-state index contributed by atoms with van der Waals surface area (Å²) in [7, 11) is 1.89. The molecule has 0 aliphatic carbocycles. The molecule has 0 aliphatic heterocycles. The first-order chi connectivity index (χ1) is 7.15. The van der Waals surface area contributed by atoms with Gasteiger partial charge in [-0.2, -0.15) is 5.26 Å². The van der Waals surface area contributed by atoms with Crippen molar-refractivity contribution in [3.8, 4) is 6.07 Å². The zero-order valence-corrected chi connectivity index (χ0v) is 9.20. The molecule has 0 bridgehead atoms. The predicted molar refractivity (Wildman–Crippen MR) is 62.4 cm³/mol. The van der Waals surface area contributed by atoms with Gasteiger partial charge < -0.3 is 10.6 Å². The first kappa shape index (κ1) is 11.4. The highest BCUT2D eigenvalue weighted by Gasteiger charge is 2.04. The molecule has 0 spiro atoms. The zero-order valence-electron chi connectivity index (χ0n) is 8.44. The molecule has 0 aliphatic rings. The monoisotopic (exact) mass is 221 g/mol. The fourth-order valence-corrected chi connectivity index (χ4v) is 1.23. The maximum Gasteiger partial charge on any atom is 0.138 e. The SMILES string of the molecule is CN(C/C(N)=C(\Cl)C#N)c1ccccc1. The van der Waals surface area contributed by atoms with E-state index < -0.39 is 0 Å². The summed E-state index contributed by atoms with van der Waals surface area (Å²) in [4.78, 5) is 1.93. The van der Waals surface area contributed by atoms with E-state index in [2.05, 4.69) is 0 Å². The number of nitrogens with two attached hydrogens (primary N) is 1. The average molecular weight is 222 g/mol. The van der Waals surface area contributed by atoms with Gasteiger partial charge in [-0.05, 0) is 12.1 Å².